The van der Waals surface area contributed by atoms with Crippen LogP contribution >= 0.6 is 11.3 Å². The van der Waals surface area contributed by atoms with E-state index in [1.807, 2.05) is 29.5 Å². The fourth-order valence-electron chi connectivity index (χ4n) is 8.92. The van der Waals surface area contributed by atoms with Crippen molar-refractivity contribution in [1.82, 2.24) is 24.1 Å². The second-order valence-electron chi connectivity index (χ2n) is 14.7. The Morgan fingerprint density at radius 1 is 0.474 bits per heavy atom. The van der Waals surface area contributed by atoms with E-state index in [-0.39, 0.29) is 0 Å². The molecule has 0 atom stereocenters. The minimum atomic E-state index is 0.583. The summed E-state index contributed by atoms with van der Waals surface area (Å²) < 4.78 is 5.98. The van der Waals surface area contributed by atoms with Crippen LogP contribution in [0.15, 0.2) is 170 Å². The number of benzene rings is 7. The Hall–Kier alpha value is -7.15. The summed E-state index contributed by atoms with van der Waals surface area (Å²) in [5.41, 5.74) is 11.1. The number of allylic oxidation sites excluding steroid dienone is 1. The van der Waals surface area contributed by atoms with Crippen molar-refractivity contribution in [2.24, 2.45) is 0 Å². The molecule has 0 saturated carbocycles. The SMILES string of the molecule is C1=Cc2sc3cc(-c4nc(-c5ccccc5)nc(-n5c6ccccc6c6ccc7c8ccccc8n(-c8ccccc8-c8ccccc8)c7c65)n4)ccc3c2CC1. The Labute approximate surface area is 332 Å². The second kappa shape index (κ2) is 12.7. The fourth-order valence-corrected chi connectivity index (χ4v) is 10.1. The standard InChI is InChI=1S/C51H33N5S/c1-3-15-32(16-4-1)35-19-7-11-23-42(35)55-43-24-12-8-20-36(43)40-29-30-41-37-21-9-13-25-44(37)56(48(41)47(40)55)51-53-49(33-17-5-2-6-18-33)52-50(54-51)34-27-28-39-38-22-10-14-26-45(38)57-46(39)31-34/h1-9,11-21,23-31H,10,22H2. The number of aromatic nitrogens is 5. The van der Waals surface area contributed by atoms with Gasteiger partial charge in [0.25, 0.3) is 0 Å². The molecule has 7 aromatic carbocycles. The third-order valence-corrected chi connectivity index (χ3v) is 12.6. The average molecular weight is 748 g/mol. The monoisotopic (exact) mass is 747 g/mol. The maximum atomic E-state index is 5.41. The Kier molecular flexibility index (Phi) is 7.16. The lowest BCUT2D eigenvalue weighted by Gasteiger charge is -2.16. The van der Waals surface area contributed by atoms with Crippen LogP contribution in [-0.2, 0) is 6.42 Å². The van der Waals surface area contributed by atoms with E-state index >= 15 is 0 Å². The van der Waals surface area contributed by atoms with Crippen molar-refractivity contribution in [3.8, 4) is 45.5 Å². The van der Waals surface area contributed by atoms with Crippen molar-refractivity contribution in [1.29, 1.82) is 0 Å². The highest BCUT2D eigenvalue weighted by Gasteiger charge is 2.24. The van der Waals surface area contributed by atoms with Gasteiger partial charge in [0.05, 0.1) is 27.8 Å². The molecule has 11 aromatic rings. The van der Waals surface area contributed by atoms with Gasteiger partial charge in [-0.1, -0.05) is 146 Å². The number of aryl methyl sites for hydroxylation is 1. The molecule has 6 heteroatoms. The van der Waals surface area contributed by atoms with Crippen LogP contribution in [0.3, 0.4) is 0 Å². The zero-order valence-corrected chi connectivity index (χ0v) is 31.6. The quantitative estimate of drug-likeness (QED) is 0.176. The summed E-state index contributed by atoms with van der Waals surface area (Å²) in [6, 6.07) is 58.3. The first-order valence-corrected chi connectivity index (χ1v) is 20.2. The van der Waals surface area contributed by atoms with Crippen LogP contribution in [0, 0.1) is 0 Å². The minimum Gasteiger partial charge on any atom is -0.307 e. The number of thiophene rings is 1. The maximum absolute atomic E-state index is 5.41. The molecule has 4 aromatic heterocycles. The highest BCUT2D eigenvalue weighted by molar-refractivity contribution is 7.20. The van der Waals surface area contributed by atoms with E-state index in [1.54, 1.807) is 0 Å². The van der Waals surface area contributed by atoms with E-state index in [2.05, 4.69) is 167 Å². The lowest BCUT2D eigenvalue weighted by Crippen LogP contribution is -2.07. The second-order valence-corrected chi connectivity index (χ2v) is 15.8. The molecule has 1 aliphatic carbocycles. The number of rotatable bonds is 5. The number of fused-ring (bicyclic) bond motifs is 10. The number of hydrogen-bond acceptors (Lipinski definition) is 4. The lowest BCUT2D eigenvalue weighted by atomic mass is 10.0. The van der Waals surface area contributed by atoms with Crippen LogP contribution in [0.2, 0.25) is 0 Å². The molecule has 0 bridgehead atoms. The van der Waals surface area contributed by atoms with Crippen molar-refractivity contribution < 1.29 is 0 Å². The van der Waals surface area contributed by atoms with E-state index in [0.29, 0.717) is 17.6 Å². The summed E-state index contributed by atoms with van der Waals surface area (Å²) in [7, 11) is 0. The van der Waals surface area contributed by atoms with Gasteiger partial charge >= 0.3 is 0 Å². The average Bonchev–Trinajstić information content (AvgIpc) is 3.94. The Morgan fingerprint density at radius 2 is 1.07 bits per heavy atom. The molecule has 57 heavy (non-hydrogen) atoms. The maximum Gasteiger partial charge on any atom is 0.238 e. The molecular formula is C51H33N5S. The predicted octanol–water partition coefficient (Wildman–Crippen LogP) is 13.2. The summed E-state index contributed by atoms with van der Waals surface area (Å²) in [5.74, 6) is 1.87. The summed E-state index contributed by atoms with van der Waals surface area (Å²) in [6.07, 6.45) is 6.72. The van der Waals surface area contributed by atoms with Crippen molar-refractivity contribution in [2.45, 2.75) is 12.8 Å². The summed E-state index contributed by atoms with van der Waals surface area (Å²) >= 11 is 1.85. The molecule has 268 valence electrons. The van der Waals surface area contributed by atoms with Crippen LogP contribution in [0.25, 0.3) is 105 Å². The molecule has 0 radical (unpaired) electrons. The molecule has 0 amide bonds. The van der Waals surface area contributed by atoms with E-state index in [1.165, 1.54) is 36.9 Å². The Bertz CT molecular complexity index is 3410. The molecule has 0 spiro atoms. The van der Waals surface area contributed by atoms with Crippen LogP contribution in [0.5, 0.6) is 0 Å². The fraction of sp³-hybridized carbons (Fsp3) is 0.0392. The largest absolute Gasteiger partial charge is 0.307 e. The third-order valence-electron chi connectivity index (χ3n) is 11.5. The van der Waals surface area contributed by atoms with Crippen LogP contribution < -0.4 is 0 Å². The summed E-state index contributed by atoms with van der Waals surface area (Å²) in [5, 5.41) is 5.97. The molecule has 0 unspecified atom stereocenters. The summed E-state index contributed by atoms with van der Waals surface area (Å²) in [6.45, 7) is 0. The van der Waals surface area contributed by atoms with Gasteiger partial charge in [-0.25, -0.2) is 4.98 Å². The number of nitrogens with zero attached hydrogens (tertiary/aromatic N) is 5. The lowest BCUT2D eigenvalue weighted by molar-refractivity contribution is 0.953. The zero-order chi connectivity index (χ0) is 37.5. The first-order chi connectivity index (χ1) is 28.3. The topological polar surface area (TPSA) is 48.5 Å². The number of hydrogen-bond donors (Lipinski definition) is 0. The van der Waals surface area contributed by atoms with Gasteiger partial charge in [0, 0.05) is 47.8 Å². The van der Waals surface area contributed by atoms with Crippen molar-refractivity contribution in [3.05, 3.63) is 180 Å². The Morgan fingerprint density at radius 3 is 1.82 bits per heavy atom. The molecule has 1 aliphatic rings. The van der Waals surface area contributed by atoms with Gasteiger partial charge in [0.15, 0.2) is 11.6 Å². The molecule has 0 saturated heterocycles. The van der Waals surface area contributed by atoms with Crippen LogP contribution in [0.4, 0.5) is 0 Å². The van der Waals surface area contributed by atoms with Crippen LogP contribution in [-0.4, -0.2) is 24.1 Å². The zero-order valence-electron chi connectivity index (χ0n) is 30.8. The molecule has 0 fully saturated rings. The highest BCUT2D eigenvalue weighted by atomic mass is 32.1. The van der Waals surface area contributed by atoms with E-state index in [4.69, 9.17) is 15.0 Å². The van der Waals surface area contributed by atoms with Gasteiger partial charge in [-0.3, -0.25) is 4.57 Å². The molecule has 0 aliphatic heterocycles. The number of para-hydroxylation sites is 3. The van der Waals surface area contributed by atoms with Crippen molar-refractivity contribution >= 4 is 71.1 Å². The highest BCUT2D eigenvalue weighted by Crippen LogP contribution is 2.43. The molecule has 12 rings (SSSR count). The van der Waals surface area contributed by atoms with Crippen molar-refractivity contribution in [2.75, 3.05) is 0 Å². The van der Waals surface area contributed by atoms with Crippen molar-refractivity contribution in [3.63, 3.8) is 0 Å². The van der Waals surface area contributed by atoms with Gasteiger partial charge in [-0.05, 0) is 59.7 Å². The van der Waals surface area contributed by atoms with Gasteiger partial charge in [0.2, 0.25) is 5.95 Å². The molecule has 4 heterocycles. The minimum absolute atomic E-state index is 0.583. The molecule has 0 N–H and O–H groups in total. The van der Waals surface area contributed by atoms with Gasteiger partial charge < -0.3 is 4.57 Å². The van der Waals surface area contributed by atoms with Crippen LogP contribution in [0.1, 0.15) is 16.9 Å². The van der Waals surface area contributed by atoms with Gasteiger partial charge in [-0.15, -0.1) is 11.3 Å². The first-order valence-electron chi connectivity index (χ1n) is 19.4. The van der Waals surface area contributed by atoms with E-state index in [0.717, 1.165) is 68.1 Å². The first kappa shape index (κ1) is 32.1. The molecule has 5 nitrogen and oxygen atoms in total. The smallest absolute Gasteiger partial charge is 0.238 e. The van der Waals surface area contributed by atoms with Gasteiger partial charge in [0.1, 0.15) is 0 Å². The Balaban J connectivity index is 1.20. The van der Waals surface area contributed by atoms with Gasteiger partial charge in [-0.2, -0.15) is 9.97 Å². The van der Waals surface area contributed by atoms with E-state index < -0.39 is 0 Å². The predicted molar refractivity (Wildman–Crippen MR) is 238 cm³/mol. The normalized spacial score (nSPS) is 12.7. The summed E-state index contributed by atoms with van der Waals surface area (Å²) in [4.78, 5) is 17.3. The van der Waals surface area contributed by atoms with E-state index in [9.17, 15) is 0 Å². The third kappa shape index (κ3) is 4.97. The molecular weight excluding hydrogens is 715 g/mol.